The molecular weight excluding hydrogens is 304 g/mol. The lowest BCUT2D eigenvalue weighted by atomic mass is 9.86. The Kier molecular flexibility index (Phi) is 6.03. The molecule has 0 spiro atoms. The van der Waals surface area contributed by atoms with E-state index in [0.29, 0.717) is 18.4 Å². The van der Waals surface area contributed by atoms with Crippen LogP contribution in [-0.2, 0) is 19.1 Å². The van der Waals surface area contributed by atoms with Crippen LogP contribution in [0.5, 0.6) is 0 Å². The van der Waals surface area contributed by atoms with Crippen molar-refractivity contribution in [2.75, 3.05) is 0 Å². The van der Waals surface area contributed by atoms with Gasteiger partial charge in [0.2, 0.25) is 0 Å². The van der Waals surface area contributed by atoms with Crippen LogP contribution in [0.1, 0.15) is 53.4 Å². The lowest BCUT2D eigenvalue weighted by molar-refractivity contribution is -0.149. The van der Waals surface area contributed by atoms with Crippen molar-refractivity contribution in [2.45, 2.75) is 65.6 Å². The summed E-state index contributed by atoms with van der Waals surface area (Å²) < 4.78 is 11.2. The van der Waals surface area contributed by atoms with Gasteiger partial charge in [0.15, 0.2) is 0 Å². The molecule has 0 amide bonds. The molecule has 4 heteroatoms. The Hall–Kier alpha value is -1.84. The van der Waals surface area contributed by atoms with Crippen LogP contribution in [0.15, 0.2) is 35.5 Å². The predicted octanol–water partition coefficient (Wildman–Crippen LogP) is 4.12. The zero-order valence-corrected chi connectivity index (χ0v) is 15.1. The number of carbonyl (C=O) groups excluding carboxylic acids is 2. The molecular formula is C20H28O4. The smallest absolute Gasteiger partial charge is 0.334 e. The Morgan fingerprint density at radius 3 is 2.79 bits per heavy atom. The Labute approximate surface area is 144 Å². The molecule has 3 unspecified atom stereocenters. The molecule has 3 atom stereocenters. The molecule has 0 bridgehead atoms. The van der Waals surface area contributed by atoms with Gasteiger partial charge in [-0.05, 0) is 50.7 Å². The van der Waals surface area contributed by atoms with Crippen LogP contribution in [-0.4, -0.2) is 24.1 Å². The third-order valence-electron chi connectivity index (χ3n) is 4.63. The average molecular weight is 332 g/mol. The number of ether oxygens (including phenoxy) is 2. The Balaban J connectivity index is 2.23. The van der Waals surface area contributed by atoms with E-state index in [9.17, 15) is 9.59 Å². The normalized spacial score (nSPS) is 28.0. The van der Waals surface area contributed by atoms with Crippen molar-refractivity contribution < 1.29 is 19.1 Å². The number of esters is 2. The van der Waals surface area contributed by atoms with E-state index in [1.54, 1.807) is 0 Å². The molecule has 4 nitrogen and oxygen atoms in total. The molecule has 1 saturated heterocycles. The van der Waals surface area contributed by atoms with Gasteiger partial charge in [-0.15, -0.1) is 0 Å². The monoisotopic (exact) mass is 332 g/mol. The fraction of sp³-hybridized carbons (Fsp3) is 0.600. The summed E-state index contributed by atoms with van der Waals surface area (Å²) in [6, 6.07) is 0. The molecule has 132 valence electrons. The van der Waals surface area contributed by atoms with E-state index < -0.39 is 0 Å². The summed E-state index contributed by atoms with van der Waals surface area (Å²) in [7, 11) is 0. The van der Waals surface area contributed by atoms with Crippen molar-refractivity contribution in [1.29, 1.82) is 0 Å². The van der Waals surface area contributed by atoms with Gasteiger partial charge in [-0.2, -0.15) is 0 Å². The van der Waals surface area contributed by atoms with Gasteiger partial charge in [0.25, 0.3) is 0 Å². The first-order valence-corrected chi connectivity index (χ1v) is 8.71. The van der Waals surface area contributed by atoms with Crippen LogP contribution in [0, 0.1) is 11.8 Å². The van der Waals surface area contributed by atoms with Crippen LogP contribution in [0.3, 0.4) is 0 Å². The van der Waals surface area contributed by atoms with Gasteiger partial charge >= 0.3 is 11.9 Å². The van der Waals surface area contributed by atoms with E-state index in [4.69, 9.17) is 9.47 Å². The van der Waals surface area contributed by atoms with Crippen LogP contribution >= 0.6 is 0 Å². The third kappa shape index (κ3) is 4.59. The van der Waals surface area contributed by atoms with Gasteiger partial charge in [0, 0.05) is 17.9 Å². The van der Waals surface area contributed by atoms with Crippen LogP contribution in [0.2, 0.25) is 0 Å². The molecule has 0 radical (unpaired) electrons. The molecule has 1 aliphatic heterocycles. The number of hydrogen-bond acceptors (Lipinski definition) is 4. The summed E-state index contributed by atoms with van der Waals surface area (Å²) in [4.78, 5) is 24.1. The molecule has 1 heterocycles. The number of fused-ring (bicyclic) bond motifs is 1. The quantitative estimate of drug-likeness (QED) is 0.443. The first kappa shape index (κ1) is 18.5. The zero-order valence-electron chi connectivity index (χ0n) is 15.1. The minimum absolute atomic E-state index is 0.147. The second-order valence-corrected chi connectivity index (χ2v) is 7.31. The lowest BCUT2D eigenvalue weighted by Crippen LogP contribution is -2.27. The van der Waals surface area contributed by atoms with Gasteiger partial charge in [0.1, 0.15) is 12.2 Å². The summed E-state index contributed by atoms with van der Waals surface area (Å²) in [6.45, 7) is 11.9. The summed E-state index contributed by atoms with van der Waals surface area (Å²) in [5.41, 5.74) is 2.71. The van der Waals surface area contributed by atoms with Crippen molar-refractivity contribution >= 4 is 11.9 Å². The summed E-state index contributed by atoms with van der Waals surface area (Å²) >= 11 is 0. The van der Waals surface area contributed by atoms with Crippen molar-refractivity contribution in [1.82, 2.24) is 0 Å². The van der Waals surface area contributed by atoms with E-state index in [2.05, 4.69) is 19.6 Å². The fourth-order valence-corrected chi connectivity index (χ4v) is 3.18. The number of allylic oxidation sites excluding steroid dienone is 2. The van der Waals surface area contributed by atoms with E-state index >= 15 is 0 Å². The molecule has 2 rings (SSSR count). The molecule has 0 saturated carbocycles. The van der Waals surface area contributed by atoms with E-state index in [0.717, 1.165) is 18.4 Å². The molecule has 0 N–H and O–H groups in total. The highest BCUT2D eigenvalue weighted by Crippen LogP contribution is 2.35. The Morgan fingerprint density at radius 1 is 1.42 bits per heavy atom. The number of carbonyl (C=O) groups is 2. The maximum Gasteiger partial charge on any atom is 0.334 e. The first-order chi connectivity index (χ1) is 11.3. The second-order valence-electron chi connectivity index (χ2n) is 7.31. The highest BCUT2D eigenvalue weighted by Gasteiger charge is 2.39. The van der Waals surface area contributed by atoms with E-state index in [1.807, 2.05) is 26.8 Å². The standard InChI is InChI=1S/C20H28O4/c1-12(2)9-19(21)23-17-11-16-15(5)20(22)24-18(16)10-13(3)7-6-8-14(17)4/h8,10,12,16-18H,5-7,9,11H2,1-4H3. The third-order valence-corrected chi connectivity index (χ3v) is 4.63. The number of hydrogen-bond donors (Lipinski definition) is 0. The van der Waals surface area contributed by atoms with Gasteiger partial charge in [-0.3, -0.25) is 4.79 Å². The summed E-state index contributed by atoms with van der Waals surface area (Å²) in [6.07, 6.45) is 6.23. The van der Waals surface area contributed by atoms with Crippen LogP contribution < -0.4 is 0 Å². The SMILES string of the molecule is C=C1C(=O)OC2C=C(C)CCC=C(C)C(OC(=O)CC(C)C)CC12. The molecule has 2 aliphatic rings. The van der Waals surface area contributed by atoms with E-state index in [-0.39, 0.29) is 36.0 Å². The minimum Gasteiger partial charge on any atom is -0.458 e. The predicted molar refractivity (Wildman–Crippen MR) is 93.2 cm³/mol. The first-order valence-electron chi connectivity index (χ1n) is 8.71. The summed E-state index contributed by atoms with van der Waals surface area (Å²) in [5.74, 6) is -0.433. The molecule has 24 heavy (non-hydrogen) atoms. The van der Waals surface area contributed by atoms with Gasteiger partial charge in [-0.25, -0.2) is 4.79 Å². The fourth-order valence-electron chi connectivity index (χ4n) is 3.18. The Bertz CT molecular complexity index is 582. The second kappa shape index (κ2) is 7.82. The van der Waals surface area contributed by atoms with Crippen LogP contribution in [0.25, 0.3) is 0 Å². The molecule has 0 aromatic heterocycles. The zero-order chi connectivity index (χ0) is 17.9. The molecule has 0 aromatic rings. The maximum atomic E-state index is 12.1. The minimum atomic E-state index is -0.345. The van der Waals surface area contributed by atoms with Gasteiger partial charge in [-0.1, -0.05) is 32.1 Å². The Morgan fingerprint density at radius 2 is 2.12 bits per heavy atom. The van der Waals surface area contributed by atoms with Gasteiger partial charge < -0.3 is 9.47 Å². The van der Waals surface area contributed by atoms with Gasteiger partial charge in [0.05, 0.1) is 0 Å². The van der Waals surface area contributed by atoms with Crippen molar-refractivity contribution in [2.24, 2.45) is 11.8 Å². The highest BCUT2D eigenvalue weighted by molar-refractivity contribution is 5.91. The topological polar surface area (TPSA) is 52.6 Å². The molecule has 1 aliphatic carbocycles. The van der Waals surface area contributed by atoms with Crippen molar-refractivity contribution in [3.63, 3.8) is 0 Å². The molecule has 0 aromatic carbocycles. The summed E-state index contributed by atoms with van der Waals surface area (Å²) in [5, 5.41) is 0. The largest absolute Gasteiger partial charge is 0.458 e. The van der Waals surface area contributed by atoms with Crippen molar-refractivity contribution in [3.05, 3.63) is 35.5 Å². The van der Waals surface area contributed by atoms with Crippen LogP contribution in [0.4, 0.5) is 0 Å². The van der Waals surface area contributed by atoms with E-state index in [1.165, 1.54) is 5.57 Å². The molecule has 1 fully saturated rings. The average Bonchev–Trinajstić information content (AvgIpc) is 2.72. The lowest BCUT2D eigenvalue weighted by Gasteiger charge is -2.25. The highest BCUT2D eigenvalue weighted by atomic mass is 16.6. The van der Waals surface area contributed by atoms with Crippen molar-refractivity contribution in [3.8, 4) is 0 Å². The maximum absolute atomic E-state index is 12.1. The number of rotatable bonds is 3.